The van der Waals surface area contributed by atoms with E-state index >= 15 is 0 Å². The van der Waals surface area contributed by atoms with Gasteiger partial charge < -0.3 is 14.6 Å². The smallest absolute Gasteiger partial charge is 0.301 e. The molecule has 1 fully saturated rings. The summed E-state index contributed by atoms with van der Waals surface area (Å²) in [5, 5.41) is 20.8. The van der Waals surface area contributed by atoms with Gasteiger partial charge in [-0.15, -0.1) is 10.2 Å². The Kier molecular flexibility index (Phi) is 9.64. The second-order valence-electron chi connectivity index (χ2n) is 10.1. The minimum absolute atomic E-state index is 0.0767. The monoisotopic (exact) mass is 636 g/mol. The summed E-state index contributed by atoms with van der Waals surface area (Å²) in [5.41, 5.74) is 1.74. The van der Waals surface area contributed by atoms with E-state index in [-0.39, 0.29) is 16.5 Å². The number of ether oxygens (including phenoxy) is 2. The van der Waals surface area contributed by atoms with Crippen molar-refractivity contribution in [3.05, 3.63) is 94.3 Å². The van der Waals surface area contributed by atoms with E-state index in [0.29, 0.717) is 50.3 Å². The Balaban J connectivity index is 1.54. The lowest BCUT2D eigenvalue weighted by Crippen LogP contribution is -2.29. The average Bonchev–Trinajstić information content (AvgIpc) is 3.58. The number of Topliss-reactive ketones (excluding diaryl/α,β-unsaturated/α-hetero) is 1. The lowest BCUT2D eigenvalue weighted by Gasteiger charge is -2.23. The number of amides is 1. The zero-order valence-corrected chi connectivity index (χ0v) is 26.1. The molecule has 2 aromatic carbocycles. The van der Waals surface area contributed by atoms with Crippen LogP contribution < -0.4 is 14.4 Å². The van der Waals surface area contributed by atoms with Crippen molar-refractivity contribution in [1.29, 1.82) is 0 Å². The number of carbonyl (C=O) groups excluding carboxylic acids is 2. The molecule has 0 aliphatic carbocycles. The second-order valence-corrected chi connectivity index (χ2v) is 12.7. The fraction of sp³-hybridized carbons (Fsp3) is 0.258. The normalized spacial score (nSPS) is 16.2. The Morgan fingerprint density at radius 2 is 1.86 bits per heavy atom. The number of pyridine rings is 1. The third kappa shape index (κ3) is 6.69. The Morgan fingerprint density at radius 1 is 1.09 bits per heavy atom. The molecular weight excluding hydrogens is 608 g/mol. The predicted molar refractivity (Wildman–Crippen MR) is 168 cm³/mol. The van der Waals surface area contributed by atoms with E-state index in [1.165, 1.54) is 47.5 Å². The second kappa shape index (κ2) is 13.6. The van der Waals surface area contributed by atoms with E-state index in [4.69, 9.17) is 21.1 Å². The van der Waals surface area contributed by atoms with Crippen LogP contribution in [-0.2, 0) is 15.3 Å². The van der Waals surface area contributed by atoms with Crippen LogP contribution in [-0.4, -0.2) is 45.7 Å². The number of aliphatic hydroxyl groups excluding tert-OH is 1. The Hall–Kier alpha value is -3.93. The van der Waals surface area contributed by atoms with Crippen molar-refractivity contribution in [2.75, 3.05) is 18.6 Å². The molecule has 0 spiro atoms. The fourth-order valence-electron chi connectivity index (χ4n) is 4.50. The highest BCUT2D eigenvalue weighted by molar-refractivity contribution is 8.00. The van der Waals surface area contributed by atoms with Crippen molar-refractivity contribution in [3.8, 4) is 11.5 Å². The number of thioether (sulfide) groups is 1. The van der Waals surface area contributed by atoms with Crippen LogP contribution in [0, 0.1) is 5.92 Å². The molecule has 1 amide bonds. The minimum atomic E-state index is -0.999. The Morgan fingerprint density at radius 3 is 2.58 bits per heavy atom. The number of methoxy groups -OCH3 is 1. The molecule has 4 aromatic rings. The predicted octanol–water partition coefficient (Wildman–Crippen LogP) is 6.94. The van der Waals surface area contributed by atoms with Gasteiger partial charge in [0.1, 0.15) is 5.76 Å². The highest BCUT2D eigenvalue weighted by Gasteiger charge is 2.48. The van der Waals surface area contributed by atoms with E-state index < -0.39 is 17.7 Å². The molecule has 0 radical (unpaired) electrons. The van der Waals surface area contributed by atoms with Gasteiger partial charge in [0, 0.05) is 28.7 Å². The van der Waals surface area contributed by atoms with Crippen molar-refractivity contribution in [1.82, 2.24) is 15.2 Å². The van der Waals surface area contributed by atoms with Crippen LogP contribution in [0.2, 0.25) is 5.02 Å². The van der Waals surface area contributed by atoms with Crippen molar-refractivity contribution < 1.29 is 24.2 Å². The molecule has 3 heterocycles. The van der Waals surface area contributed by atoms with E-state index in [1.807, 2.05) is 24.3 Å². The van der Waals surface area contributed by atoms with Gasteiger partial charge in [0.25, 0.3) is 5.78 Å². The van der Waals surface area contributed by atoms with Gasteiger partial charge in [-0.1, -0.05) is 72.8 Å². The summed E-state index contributed by atoms with van der Waals surface area (Å²) in [6, 6.07) is 14.9. The minimum Gasteiger partial charge on any atom is -0.507 e. The summed E-state index contributed by atoms with van der Waals surface area (Å²) >= 11 is 8.90. The van der Waals surface area contributed by atoms with Crippen molar-refractivity contribution in [3.63, 3.8) is 0 Å². The first kappa shape index (κ1) is 30.5. The van der Waals surface area contributed by atoms with Crippen LogP contribution in [0.25, 0.3) is 5.76 Å². The molecule has 0 bridgehead atoms. The third-order valence-corrected chi connectivity index (χ3v) is 9.24. The standard InChI is InChI=1S/C31H29ClN4O5S2/c1-18(2)12-15-41-23-9-8-20(16-24(23)40-3)26-25(27(37)19-10-13-33-14-11-19)28(38)29(39)36(26)30-34-35-31(43-30)42-17-21-6-4-5-7-22(21)32/h4-11,13-14,16,18,26,37H,12,15,17H2,1-3H3/b27-25+. The van der Waals surface area contributed by atoms with Crippen LogP contribution in [0.4, 0.5) is 5.13 Å². The molecule has 0 saturated carbocycles. The third-order valence-electron chi connectivity index (χ3n) is 6.77. The first-order valence-corrected chi connectivity index (χ1v) is 15.7. The number of benzene rings is 2. The molecule has 1 N–H and O–H groups in total. The van der Waals surface area contributed by atoms with Gasteiger partial charge in [-0.2, -0.15) is 0 Å². The zero-order chi connectivity index (χ0) is 30.5. The van der Waals surface area contributed by atoms with Gasteiger partial charge in [-0.25, -0.2) is 0 Å². The molecule has 1 saturated heterocycles. The van der Waals surface area contributed by atoms with Crippen molar-refractivity contribution in [2.24, 2.45) is 5.92 Å². The van der Waals surface area contributed by atoms with Gasteiger partial charge in [-0.3, -0.25) is 19.5 Å². The van der Waals surface area contributed by atoms with Crippen molar-refractivity contribution in [2.45, 2.75) is 36.4 Å². The summed E-state index contributed by atoms with van der Waals surface area (Å²) in [5.74, 6) is 0.0107. The van der Waals surface area contributed by atoms with Crippen LogP contribution in [0.3, 0.4) is 0 Å². The lowest BCUT2D eigenvalue weighted by atomic mass is 9.95. The summed E-state index contributed by atoms with van der Waals surface area (Å²) in [7, 11) is 1.52. The summed E-state index contributed by atoms with van der Waals surface area (Å²) in [6.45, 7) is 4.74. The van der Waals surface area contributed by atoms with Crippen LogP contribution >= 0.6 is 34.7 Å². The van der Waals surface area contributed by atoms with Gasteiger partial charge in [0.15, 0.2) is 15.8 Å². The average molecular weight is 637 g/mol. The molecule has 222 valence electrons. The van der Waals surface area contributed by atoms with E-state index in [9.17, 15) is 14.7 Å². The maximum Gasteiger partial charge on any atom is 0.301 e. The van der Waals surface area contributed by atoms with E-state index in [2.05, 4.69) is 29.0 Å². The molecule has 1 atom stereocenters. The first-order valence-electron chi connectivity index (χ1n) is 13.5. The number of carbonyl (C=O) groups is 2. The number of aliphatic hydroxyl groups is 1. The van der Waals surface area contributed by atoms with Crippen LogP contribution in [0.15, 0.2) is 76.9 Å². The Bertz CT molecular complexity index is 1660. The summed E-state index contributed by atoms with van der Waals surface area (Å²) < 4.78 is 12.2. The molecule has 5 rings (SSSR count). The number of ketones is 1. The van der Waals surface area contributed by atoms with Crippen molar-refractivity contribution >= 4 is 57.3 Å². The van der Waals surface area contributed by atoms with Gasteiger partial charge in [0.05, 0.1) is 25.3 Å². The maximum absolute atomic E-state index is 13.6. The SMILES string of the molecule is COc1cc(C2/C(=C(\O)c3ccncc3)C(=O)C(=O)N2c2nnc(SCc3ccccc3Cl)s2)ccc1OCCC(C)C. The van der Waals surface area contributed by atoms with E-state index in [0.717, 1.165) is 12.0 Å². The van der Waals surface area contributed by atoms with Gasteiger partial charge in [-0.05, 0) is 53.8 Å². The fourth-order valence-corrected chi connectivity index (χ4v) is 6.66. The highest BCUT2D eigenvalue weighted by atomic mass is 35.5. The number of rotatable bonds is 11. The summed E-state index contributed by atoms with van der Waals surface area (Å²) in [4.78, 5) is 32.4. The number of hydrogen-bond donors (Lipinski definition) is 1. The number of nitrogens with zero attached hydrogens (tertiary/aromatic N) is 4. The molecule has 2 aromatic heterocycles. The molecular formula is C31H29ClN4O5S2. The molecule has 1 aliphatic rings. The molecule has 1 unspecified atom stereocenters. The van der Waals surface area contributed by atoms with Crippen LogP contribution in [0.1, 0.15) is 43.0 Å². The topological polar surface area (TPSA) is 115 Å². The Labute approximate surface area is 262 Å². The zero-order valence-electron chi connectivity index (χ0n) is 23.7. The largest absolute Gasteiger partial charge is 0.507 e. The van der Waals surface area contributed by atoms with Crippen LogP contribution in [0.5, 0.6) is 11.5 Å². The molecule has 9 nitrogen and oxygen atoms in total. The number of aromatic nitrogens is 3. The van der Waals surface area contributed by atoms with Gasteiger partial charge in [0.2, 0.25) is 5.13 Å². The first-order chi connectivity index (χ1) is 20.8. The lowest BCUT2D eigenvalue weighted by molar-refractivity contribution is -0.132. The number of anilines is 1. The quantitative estimate of drug-likeness (QED) is 0.0614. The molecule has 1 aliphatic heterocycles. The van der Waals surface area contributed by atoms with Gasteiger partial charge >= 0.3 is 5.91 Å². The molecule has 43 heavy (non-hydrogen) atoms. The number of halogens is 1. The van der Waals surface area contributed by atoms with E-state index in [1.54, 1.807) is 30.3 Å². The highest BCUT2D eigenvalue weighted by Crippen LogP contribution is 2.45. The molecule has 12 heteroatoms. The number of hydrogen-bond acceptors (Lipinski definition) is 10. The maximum atomic E-state index is 13.6. The summed E-state index contributed by atoms with van der Waals surface area (Å²) in [6.07, 6.45) is 3.87.